The second kappa shape index (κ2) is 7.93. The molecular formula is C19H21FN2O2. The van der Waals surface area contributed by atoms with E-state index in [0.717, 1.165) is 17.9 Å². The number of nitrogens with one attached hydrogen (secondary N) is 1. The molecule has 1 unspecified atom stereocenters. The highest BCUT2D eigenvalue weighted by atomic mass is 19.1. The number of carbonyl (C=O) groups is 1. The summed E-state index contributed by atoms with van der Waals surface area (Å²) in [6, 6.07) is 15.8. The monoisotopic (exact) mass is 328 g/mol. The molecule has 0 saturated carbocycles. The number of piperazine rings is 1. The first-order valence-electron chi connectivity index (χ1n) is 8.17. The van der Waals surface area contributed by atoms with Gasteiger partial charge in [0.15, 0.2) is 0 Å². The number of benzene rings is 2. The summed E-state index contributed by atoms with van der Waals surface area (Å²) in [4.78, 5) is 14.4. The lowest BCUT2D eigenvalue weighted by Gasteiger charge is -2.36. The van der Waals surface area contributed by atoms with Crippen LogP contribution in [0.1, 0.15) is 18.0 Å². The molecule has 1 heterocycles. The van der Waals surface area contributed by atoms with Gasteiger partial charge >= 0.3 is 0 Å². The lowest BCUT2D eigenvalue weighted by atomic mass is 10.0. The zero-order valence-corrected chi connectivity index (χ0v) is 13.5. The standard InChI is InChI=1S/C19H21FN2O2/c20-16-6-4-5-15(13-16)18-14-21-10-11-22(18)19(23)9-12-24-17-7-2-1-3-8-17/h1-8,13,18,21H,9-12,14H2. The summed E-state index contributed by atoms with van der Waals surface area (Å²) in [5.74, 6) is 0.506. The minimum atomic E-state index is -0.280. The fourth-order valence-corrected chi connectivity index (χ4v) is 2.93. The van der Waals surface area contributed by atoms with Crippen molar-refractivity contribution in [3.8, 4) is 5.75 Å². The first-order valence-corrected chi connectivity index (χ1v) is 8.17. The predicted molar refractivity (Wildman–Crippen MR) is 90.3 cm³/mol. The molecule has 24 heavy (non-hydrogen) atoms. The van der Waals surface area contributed by atoms with E-state index in [0.29, 0.717) is 26.1 Å². The van der Waals surface area contributed by atoms with Gasteiger partial charge in [0, 0.05) is 19.6 Å². The van der Waals surface area contributed by atoms with Gasteiger partial charge in [0.25, 0.3) is 0 Å². The Kier molecular flexibility index (Phi) is 5.43. The molecule has 126 valence electrons. The number of halogens is 1. The molecule has 1 amide bonds. The third-order valence-electron chi connectivity index (χ3n) is 4.13. The van der Waals surface area contributed by atoms with Crippen molar-refractivity contribution >= 4 is 5.91 Å². The number of hydrogen-bond donors (Lipinski definition) is 1. The molecule has 1 N–H and O–H groups in total. The van der Waals surface area contributed by atoms with Crippen LogP contribution >= 0.6 is 0 Å². The van der Waals surface area contributed by atoms with Crippen LogP contribution in [0.5, 0.6) is 5.75 Å². The van der Waals surface area contributed by atoms with Crippen LogP contribution in [0, 0.1) is 5.82 Å². The van der Waals surface area contributed by atoms with E-state index in [4.69, 9.17) is 4.74 Å². The highest BCUT2D eigenvalue weighted by molar-refractivity contribution is 5.77. The van der Waals surface area contributed by atoms with Crippen LogP contribution in [-0.2, 0) is 4.79 Å². The van der Waals surface area contributed by atoms with E-state index >= 15 is 0 Å². The maximum absolute atomic E-state index is 13.5. The van der Waals surface area contributed by atoms with Crippen LogP contribution < -0.4 is 10.1 Å². The van der Waals surface area contributed by atoms with Crippen LogP contribution in [-0.4, -0.2) is 37.0 Å². The number of rotatable bonds is 5. The van der Waals surface area contributed by atoms with E-state index in [-0.39, 0.29) is 17.8 Å². The van der Waals surface area contributed by atoms with Gasteiger partial charge in [0.1, 0.15) is 11.6 Å². The summed E-state index contributed by atoms with van der Waals surface area (Å²) in [6.07, 6.45) is 0.306. The Morgan fingerprint density at radius 3 is 2.83 bits per heavy atom. The fraction of sp³-hybridized carbons (Fsp3) is 0.316. The molecule has 0 radical (unpaired) electrons. The van der Waals surface area contributed by atoms with Crippen molar-refractivity contribution in [2.24, 2.45) is 0 Å². The third-order valence-corrected chi connectivity index (χ3v) is 4.13. The summed E-state index contributed by atoms with van der Waals surface area (Å²) in [5.41, 5.74) is 0.819. The average Bonchev–Trinajstić information content (AvgIpc) is 2.62. The van der Waals surface area contributed by atoms with Gasteiger partial charge in [-0.3, -0.25) is 4.79 Å². The van der Waals surface area contributed by atoms with Gasteiger partial charge in [-0.2, -0.15) is 0 Å². The molecular weight excluding hydrogens is 307 g/mol. The molecule has 4 nitrogen and oxygen atoms in total. The maximum Gasteiger partial charge on any atom is 0.226 e. The molecule has 3 rings (SSSR count). The van der Waals surface area contributed by atoms with Crippen molar-refractivity contribution in [2.45, 2.75) is 12.5 Å². The van der Waals surface area contributed by atoms with E-state index in [1.165, 1.54) is 12.1 Å². The van der Waals surface area contributed by atoms with Gasteiger partial charge in [-0.25, -0.2) is 4.39 Å². The Labute approximate surface area is 141 Å². The number of amides is 1. The summed E-state index contributed by atoms with van der Waals surface area (Å²) >= 11 is 0. The number of hydrogen-bond acceptors (Lipinski definition) is 3. The van der Waals surface area contributed by atoms with Gasteiger partial charge in [0.05, 0.1) is 19.1 Å². The zero-order valence-electron chi connectivity index (χ0n) is 13.5. The van der Waals surface area contributed by atoms with E-state index in [9.17, 15) is 9.18 Å². The molecule has 1 fully saturated rings. The molecule has 0 spiro atoms. The van der Waals surface area contributed by atoms with Crippen molar-refractivity contribution in [2.75, 3.05) is 26.2 Å². The average molecular weight is 328 g/mol. The van der Waals surface area contributed by atoms with Crippen LogP contribution in [0.3, 0.4) is 0 Å². The largest absolute Gasteiger partial charge is 0.493 e. The van der Waals surface area contributed by atoms with E-state index in [1.807, 2.05) is 41.3 Å². The van der Waals surface area contributed by atoms with Gasteiger partial charge in [0.2, 0.25) is 5.91 Å². The zero-order chi connectivity index (χ0) is 16.8. The van der Waals surface area contributed by atoms with Crippen LogP contribution in [0.25, 0.3) is 0 Å². The molecule has 1 atom stereocenters. The number of nitrogens with zero attached hydrogens (tertiary/aromatic N) is 1. The number of carbonyl (C=O) groups excluding carboxylic acids is 1. The summed E-state index contributed by atoms with van der Waals surface area (Å²) < 4.78 is 19.1. The number of para-hydroxylation sites is 1. The van der Waals surface area contributed by atoms with Crippen LogP contribution in [0.15, 0.2) is 54.6 Å². The summed E-state index contributed by atoms with van der Waals surface area (Å²) in [5, 5.41) is 3.27. The van der Waals surface area contributed by atoms with E-state index in [1.54, 1.807) is 6.07 Å². The predicted octanol–water partition coefficient (Wildman–Crippen LogP) is 2.77. The van der Waals surface area contributed by atoms with Crippen LogP contribution in [0.2, 0.25) is 0 Å². The lowest BCUT2D eigenvalue weighted by molar-refractivity contribution is -0.135. The minimum absolute atomic E-state index is 0.0293. The first-order chi connectivity index (χ1) is 11.7. The van der Waals surface area contributed by atoms with Gasteiger partial charge in [-0.05, 0) is 29.8 Å². The van der Waals surface area contributed by atoms with Gasteiger partial charge in [-0.15, -0.1) is 0 Å². The first kappa shape index (κ1) is 16.5. The van der Waals surface area contributed by atoms with Gasteiger partial charge in [-0.1, -0.05) is 30.3 Å². The van der Waals surface area contributed by atoms with E-state index in [2.05, 4.69) is 5.32 Å². The van der Waals surface area contributed by atoms with Crippen molar-refractivity contribution in [1.82, 2.24) is 10.2 Å². The molecule has 2 aromatic carbocycles. The molecule has 1 aliphatic rings. The van der Waals surface area contributed by atoms with Crippen molar-refractivity contribution in [1.29, 1.82) is 0 Å². The summed E-state index contributed by atoms with van der Waals surface area (Å²) in [7, 11) is 0. The lowest BCUT2D eigenvalue weighted by Crippen LogP contribution is -2.49. The Balaban J connectivity index is 1.61. The number of ether oxygens (including phenoxy) is 1. The molecule has 1 saturated heterocycles. The summed E-state index contributed by atoms with van der Waals surface area (Å²) in [6.45, 7) is 2.33. The molecule has 0 bridgehead atoms. The topological polar surface area (TPSA) is 41.6 Å². The maximum atomic E-state index is 13.5. The second-order valence-corrected chi connectivity index (χ2v) is 5.77. The van der Waals surface area contributed by atoms with Crippen molar-refractivity contribution in [3.05, 3.63) is 66.0 Å². The quantitative estimate of drug-likeness (QED) is 0.918. The Bertz CT molecular complexity index is 678. The third kappa shape index (κ3) is 4.11. The Morgan fingerprint density at radius 2 is 2.04 bits per heavy atom. The Hall–Kier alpha value is -2.40. The molecule has 0 aromatic heterocycles. The minimum Gasteiger partial charge on any atom is -0.493 e. The van der Waals surface area contributed by atoms with Crippen LogP contribution in [0.4, 0.5) is 4.39 Å². The van der Waals surface area contributed by atoms with Crippen molar-refractivity contribution in [3.63, 3.8) is 0 Å². The SMILES string of the molecule is O=C(CCOc1ccccc1)N1CCNCC1c1cccc(F)c1. The fourth-order valence-electron chi connectivity index (χ4n) is 2.93. The van der Waals surface area contributed by atoms with Crippen molar-refractivity contribution < 1.29 is 13.9 Å². The smallest absolute Gasteiger partial charge is 0.226 e. The van der Waals surface area contributed by atoms with Gasteiger partial charge < -0.3 is 15.0 Å². The molecule has 1 aliphatic heterocycles. The normalized spacial score (nSPS) is 17.5. The van der Waals surface area contributed by atoms with E-state index < -0.39 is 0 Å². The highest BCUT2D eigenvalue weighted by Gasteiger charge is 2.27. The molecule has 0 aliphatic carbocycles. The molecule has 2 aromatic rings. The highest BCUT2D eigenvalue weighted by Crippen LogP contribution is 2.23. The molecule has 5 heteroatoms. The Morgan fingerprint density at radius 1 is 1.21 bits per heavy atom. The second-order valence-electron chi connectivity index (χ2n) is 5.77.